The monoisotopic (exact) mass is 394 g/mol. The molecule has 2 aliphatic rings. The number of nitrogens with zero attached hydrogens (tertiary/aromatic N) is 5. The number of hydrogen-bond acceptors (Lipinski definition) is 6. The summed E-state index contributed by atoms with van der Waals surface area (Å²) in [6, 6.07) is 8.04. The van der Waals surface area contributed by atoms with Crippen LogP contribution in [-0.4, -0.2) is 53.1 Å². The number of aromatic nitrogens is 3. The Balaban J connectivity index is 1.41. The Morgan fingerprint density at radius 3 is 2.41 bits per heavy atom. The molecule has 2 aromatic rings. The molecule has 0 spiro atoms. The van der Waals surface area contributed by atoms with Gasteiger partial charge in [-0.25, -0.2) is 15.0 Å². The molecule has 3 heterocycles. The van der Waals surface area contributed by atoms with Crippen LogP contribution in [0, 0.1) is 6.92 Å². The van der Waals surface area contributed by atoms with Crippen LogP contribution in [0.5, 0.6) is 0 Å². The van der Waals surface area contributed by atoms with Crippen LogP contribution in [0.15, 0.2) is 30.5 Å². The molecule has 1 saturated heterocycles. The molecule has 0 unspecified atom stereocenters. The molecule has 1 saturated carbocycles. The number of piperazine rings is 1. The third kappa shape index (κ3) is 5.02. The van der Waals surface area contributed by atoms with Crippen LogP contribution in [0.1, 0.15) is 54.7 Å². The standard InChI is InChI=1S/C22H30N6O/c1-17-16-19(21(29)25-18-8-4-2-3-5-9-18)26-22(24-17)28-14-12-27(13-15-28)20-10-6-7-11-23-20/h6-7,10-11,16,18H,2-5,8-9,12-15H2,1H3,(H,25,29). The lowest BCUT2D eigenvalue weighted by atomic mass is 10.1. The van der Waals surface area contributed by atoms with Crippen molar-refractivity contribution in [3.05, 3.63) is 41.9 Å². The van der Waals surface area contributed by atoms with Gasteiger partial charge >= 0.3 is 0 Å². The summed E-state index contributed by atoms with van der Waals surface area (Å²) in [6.07, 6.45) is 8.89. The van der Waals surface area contributed by atoms with Gasteiger partial charge < -0.3 is 15.1 Å². The van der Waals surface area contributed by atoms with Crippen molar-refractivity contribution >= 4 is 17.7 Å². The van der Waals surface area contributed by atoms with Gasteiger partial charge in [-0.05, 0) is 38.0 Å². The molecule has 0 aromatic carbocycles. The van der Waals surface area contributed by atoms with Gasteiger partial charge in [-0.2, -0.15) is 0 Å². The second-order valence-electron chi connectivity index (χ2n) is 8.02. The fourth-order valence-electron chi connectivity index (χ4n) is 4.17. The van der Waals surface area contributed by atoms with E-state index in [1.807, 2.05) is 31.3 Å². The maximum atomic E-state index is 12.8. The molecule has 154 valence electrons. The normalized spacial score (nSPS) is 18.4. The Bertz CT molecular complexity index is 811. The first-order valence-corrected chi connectivity index (χ1v) is 10.8. The van der Waals surface area contributed by atoms with Crippen molar-refractivity contribution in [2.75, 3.05) is 36.0 Å². The highest BCUT2D eigenvalue weighted by atomic mass is 16.1. The molecule has 1 aliphatic carbocycles. The molecule has 4 rings (SSSR count). The summed E-state index contributed by atoms with van der Waals surface area (Å²) in [5, 5.41) is 3.20. The molecule has 0 bridgehead atoms. The van der Waals surface area contributed by atoms with Gasteiger partial charge in [0.05, 0.1) is 0 Å². The third-order valence-electron chi connectivity index (χ3n) is 5.80. The average molecular weight is 395 g/mol. The fourth-order valence-corrected chi connectivity index (χ4v) is 4.17. The van der Waals surface area contributed by atoms with E-state index in [2.05, 4.69) is 30.1 Å². The zero-order chi connectivity index (χ0) is 20.1. The molecule has 1 amide bonds. The number of nitrogens with one attached hydrogen (secondary N) is 1. The van der Waals surface area contributed by atoms with Crippen molar-refractivity contribution in [2.24, 2.45) is 0 Å². The predicted molar refractivity (Wildman–Crippen MR) is 114 cm³/mol. The lowest BCUT2D eigenvalue weighted by Gasteiger charge is -2.35. The van der Waals surface area contributed by atoms with Crippen molar-refractivity contribution in [2.45, 2.75) is 51.5 Å². The first-order valence-electron chi connectivity index (χ1n) is 10.8. The quantitative estimate of drug-likeness (QED) is 0.804. The Kier molecular flexibility index (Phi) is 6.22. The smallest absolute Gasteiger partial charge is 0.270 e. The number of carbonyl (C=O) groups is 1. The van der Waals surface area contributed by atoms with Crippen molar-refractivity contribution in [1.82, 2.24) is 20.3 Å². The number of carbonyl (C=O) groups excluding carboxylic acids is 1. The zero-order valence-electron chi connectivity index (χ0n) is 17.2. The summed E-state index contributed by atoms with van der Waals surface area (Å²) in [4.78, 5) is 30.9. The van der Waals surface area contributed by atoms with E-state index in [-0.39, 0.29) is 11.9 Å². The lowest BCUT2D eigenvalue weighted by Crippen LogP contribution is -2.47. The number of pyridine rings is 1. The first kappa shape index (κ1) is 19.6. The zero-order valence-corrected chi connectivity index (χ0v) is 17.2. The van der Waals surface area contributed by atoms with Gasteiger partial charge in [-0.15, -0.1) is 0 Å². The lowest BCUT2D eigenvalue weighted by molar-refractivity contribution is 0.0928. The summed E-state index contributed by atoms with van der Waals surface area (Å²) in [6.45, 7) is 5.26. The molecule has 1 aliphatic heterocycles. The SMILES string of the molecule is Cc1cc(C(=O)NC2CCCCCC2)nc(N2CCN(c3ccccn3)CC2)n1. The van der Waals surface area contributed by atoms with E-state index in [1.54, 1.807) is 6.07 Å². The third-order valence-corrected chi connectivity index (χ3v) is 5.80. The molecular formula is C22H30N6O. The highest BCUT2D eigenvalue weighted by Crippen LogP contribution is 2.19. The molecule has 2 fully saturated rings. The number of rotatable bonds is 4. The van der Waals surface area contributed by atoms with Crippen LogP contribution < -0.4 is 15.1 Å². The van der Waals surface area contributed by atoms with E-state index < -0.39 is 0 Å². The van der Waals surface area contributed by atoms with Crippen molar-refractivity contribution in [3.63, 3.8) is 0 Å². The van der Waals surface area contributed by atoms with Crippen LogP contribution in [0.3, 0.4) is 0 Å². The summed E-state index contributed by atoms with van der Waals surface area (Å²) in [7, 11) is 0. The highest BCUT2D eigenvalue weighted by molar-refractivity contribution is 5.92. The van der Waals surface area contributed by atoms with Gasteiger partial charge in [0.2, 0.25) is 5.95 Å². The van der Waals surface area contributed by atoms with Gasteiger partial charge in [0.25, 0.3) is 5.91 Å². The van der Waals surface area contributed by atoms with E-state index in [9.17, 15) is 4.79 Å². The van der Waals surface area contributed by atoms with Gasteiger partial charge in [0, 0.05) is 44.1 Å². The van der Waals surface area contributed by atoms with Crippen molar-refractivity contribution < 1.29 is 4.79 Å². The second kappa shape index (κ2) is 9.20. The van der Waals surface area contributed by atoms with Crippen LogP contribution in [0.25, 0.3) is 0 Å². The first-order chi connectivity index (χ1) is 14.2. The molecule has 7 heteroatoms. The molecule has 7 nitrogen and oxygen atoms in total. The van der Waals surface area contributed by atoms with E-state index >= 15 is 0 Å². The fraction of sp³-hybridized carbons (Fsp3) is 0.545. The van der Waals surface area contributed by atoms with E-state index in [4.69, 9.17) is 0 Å². The summed E-state index contributed by atoms with van der Waals surface area (Å²) < 4.78 is 0. The molecular weight excluding hydrogens is 364 g/mol. The van der Waals surface area contributed by atoms with E-state index in [0.717, 1.165) is 50.5 Å². The average Bonchev–Trinajstić information content (AvgIpc) is 3.03. The summed E-state index contributed by atoms with van der Waals surface area (Å²) in [5.74, 6) is 1.58. The summed E-state index contributed by atoms with van der Waals surface area (Å²) in [5.41, 5.74) is 1.30. The largest absolute Gasteiger partial charge is 0.353 e. The Morgan fingerprint density at radius 1 is 1.00 bits per heavy atom. The van der Waals surface area contributed by atoms with Crippen LogP contribution in [0.2, 0.25) is 0 Å². The Hall–Kier alpha value is -2.70. The van der Waals surface area contributed by atoms with Crippen molar-refractivity contribution in [1.29, 1.82) is 0 Å². The number of hydrogen-bond donors (Lipinski definition) is 1. The summed E-state index contributed by atoms with van der Waals surface area (Å²) >= 11 is 0. The second-order valence-corrected chi connectivity index (χ2v) is 8.02. The van der Waals surface area contributed by atoms with Gasteiger partial charge in [-0.1, -0.05) is 31.7 Å². The van der Waals surface area contributed by atoms with Crippen LogP contribution >= 0.6 is 0 Å². The van der Waals surface area contributed by atoms with Crippen molar-refractivity contribution in [3.8, 4) is 0 Å². The molecule has 0 radical (unpaired) electrons. The topological polar surface area (TPSA) is 74.2 Å². The molecule has 29 heavy (non-hydrogen) atoms. The number of amides is 1. The highest BCUT2D eigenvalue weighted by Gasteiger charge is 2.22. The van der Waals surface area contributed by atoms with Crippen LogP contribution in [-0.2, 0) is 0 Å². The van der Waals surface area contributed by atoms with Gasteiger partial charge in [0.15, 0.2) is 0 Å². The Labute approximate surface area is 172 Å². The number of anilines is 2. The van der Waals surface area contributed by atoms with E-state index in [1.165, 1.54) is 25.7 Å². The minimum atomic E-state index is -0.0734. The van der Waals surface area contributed by atoms with Gasteiger partial charge in [0.1, 0.15) is 11.5 Å². The minimum absolute atomic E-state index is 0.0734. The van der Waals surface area contributed by atoms with Gasteiger partial charge in [-0.3, -0.25) is 4.79 Å². The maximum absolute atomic E-state index is 12.8. The number of aryl methyl sites for hydroxylation is 1. The molecule has 0 atom stereocenters. The van der Waals surface area contributed by atoms with E-state index in [0.29, 0.717) is 11.6 Å². The van der Waals surface area contributed by atoms with Crippen LogP contribution in [0.4, 0.5) is 11.8 Å². The minimum Gasteiger partial charge on any atom is -0.353 e. The maximum Gasteiger partial charge on any atom is 0.270 e. The predicted octanol–water partition coefficient (Wildman–Crippen LogP) is 2.96. The molecule has 2 aromatic heterocycles. The Morgan fingerprint density at radius 2 is 1.72 bits per heavy atom. The molecule has 1 N–H and O–H groups in total.